The lowest BCUT2D eigenvalue weighted by Gasteiger charge is -2.34. The van der Waals surface area contributed by atoms with Crippen LogP contribution in [0, 0.1) is 5.82 Å². The van der Waals surface area contributed by atoms with Crippen LogP contribution in [0.15, 0.2) is 18.2 Å². The SMILES string of the molecule is CC1(C)OB(c2ccc(F)cc2C(=O)N2CC(F)C2)OC1(C)C. The minimum Gasteiger partial charge on any atom is -0.399 e. The van der Waals surface area contributed by atoms with Gasteiger partial charge in [-0.15, -0.1) is 0 Å². The summed E-state index contributed by atoms with van der Waals surface area (Å²) in [6.45, 7) is 7.70. The van der Waals surface area contributed by atoms with Crippen molar-refractivity contribution < 1.29 is 22.9 Å². The van der Waals surface area contributed by atoms with Crippen LogP contribution in [-0.4, -0.2) is 48.4 Å². The summed E-state index contributed by atoms with van der Waals surface area (Å²) >= 11 is 0. The van der Waals surface area contributed by atoms with Crippen molar-refractivity contribution in [2.24, 2.45) is 0 Å². The second kappa shape index (κ2) is 5.28. The molecular formula is C16H20BF2NO3. The van der Waals surface area contributed by atoms with Gasteiger partial charge < -0.3 is 14.2 Å². The van der Waals surface area contributed by atoms with Crippen LogP contribution in [0.2, 0.25) is 0 Å². The number of hydrogen-bond acceptors (Lipinski definition) is 3. The second-order valence-electron chi connectivity index (χ2n) is 7.13. The second-order valence-corrected chi connectivity index (χ2v) is 7.13. The Kier molecular flexibility index (Phi) is 3.76. The molecular weight excluding hydrogens is 303 g/mol. The highest BCUT2D eigenvalue weighted by atomic mass is 19.1. The summed E-state index contributed by atoms with van der Waals surface area (Å²) < 4.78 is 38.5. The topological polar surface area (TPSA) is 38.8 Å². The van der Waals surface area contributed by atoms with E-state index in [1.807, 2.05) is 27.7 Å². The lowest BCUT2D eigenvalue weighted by atomic mass is 9.75. The molecule has 0 spiro atoms. The molecule has 124 valence electrons. The zero-order valence-electron chi connectivity index (χ0n) is 13.7. The Labute approximate surface area is 134 Å². The van der Waals surface area contributed by atoms with Crippen LogP contribution in [0.4, 0.5) is 8.78 Å². The van der Waals surface area contributed by atoms with Crippen LogP contribution >= 0.6 is 0 Å². The van der Waals surface area contributed by atoms with Gasteiger partial charge in [0.1, 0.15) is 12.0 Å². The molecule has 23 heavy (non-hydrogen) atoms. The van der Waals surface area contributed by atoms with Crippen molar-refractivity contribution in [2.45, 2.75) is 45.1 Å². The van der Waals surface area contributed by atoms with Crippen LogP contribution in [0.3, 0.4) is 0 Å². The summed E-state index contributed by atoms with van der Waals surface area (Å²) in [6, 6.07) is 3.93. The minimum atomic E-state index is -1.01. The lowest BCUT2D eigenvalue weighted by molar-refractivity contribution is 0.00578. The smallest absolute Gasteiger partial charge is 0.399 e. The van der Waals surface area contributed by atoms with E-state index in [0.29, 0.717) is 5.46 Å². The van der Waals surface area contributed by atoms with Gasteiger partial charge in [0.15, 0.2) is 0 Å². The first kappa shape index (κ1) is 16.4. The van der Waals surface area contributed by atoms with E-state index < -0.39 is 36.2 Å². The summed E-state index contributed by atoms with van der Waals surface area (Å²) in [7, 11) is -0.762. The quantitative estimate of drug-likeness (QED) is 0.781. The van der Waals surface area contributed by atoms with Gasteiger partial charge in [-0.25, -0.2) is 8.78 Å². The normalized spacial score (nSPS) is 23.0. The number of carbonyl (C=O) groups excluding carboxylic acids is 1. The summed E-state index contributed by atoms with van der Waals surface area (Å²) in [5.41, 5.74) is -0.492. The largest absolute Gasteiger partial charge is 0.495 e. The van der Waals surface area contributed by atoms with Crippen molar-refractivity contribution in [2.75, 3.05) is 13.1 Å². The van der Waals surface area contributed by atoms with Crippen LogP contribution in [0.5, 0.6) is 0 Å². The third kappa shape index (κ3) is 2.76. The van der Waals surface area contributed by atoms with E-state index >= 15 is 0 Å². The summed E-state index contributed by atoms with van der Waals surface area (Å²) in [4.78, 5) is 13.9. The number of hydrogen-bond donors (Lipinski definition) is 0. The predicted molar refractivity (Wildman–Crippen MR) is 82.9 cm³/mol. The van der Waals surface area contributed by atoms with E-state index in [1.165, 1.54) is 17.0 Å². The zero-order chi connectivity index (χ0) is 17.0. The fourth-order valence-corrected chi connectivity index (χ4v) is 2.65. The van der Waals surface area contributed by atoms with E-state index in [4.69, 9.17) is 9.31 Å². The molecule has 0 aromatic heterocycles. The first-order valence-electron chi connectivity index (χ1n) is 7.69. The first-order chi connectivity index (χ1) is 10.6. The fourth-order valence-electron chi connectivity index (χ4n) is 2.65. The van der Waals surface area contributed by atoms with Crippen molar-refractivity contribution in [3.8, 4) is 0 Å². The first-order valence-corrected chi connectivity index (χ1v) is 7.69. The highest BCUT2D eigenvalue weighted by Crippen LogP contribution is 2.36. The number of benzene rings is 1. The van der Waals surface area contributed by atoms with Crippen molar-refractivity contribution in [3.63, 3.8) is 0 Å². The maximum atomic E-state index is 13.6. The van der Waals surface area contributed by atoms with E-state index in [2.05, 4.69) is 0 Å². The van der Waals surface area contributed by atoms with Crippen molar-refractivity contribution in [3.05, 3.63) is 29.6 Å². The zero-order valence-corrected chi connectivity index (χ0v) is 13.7. The Morgan fingerprint density at radius 3 is 2.30 bits per heavy atom. The van der Waals surface area contributed by atoms with Crippen LogP contribution < -0.4 is 5.46 Å². The number of amides is 1. The monoisotopic (exact) mass is 323 g/mol. The van der Waals surface area contributed by atoms with E-state index in [-0.39, 0.29) is 18.7 Å². The molecule has 3 rings (SSSR count). The molecule has 0 bridgehead atoms. The summed E-state index contributed by atoms with van der Waals surface area (Å²) in [5, 5.41) is 0. The highest BCUT2D eigenvalue weighted by Gasteiger charge is 2.52. The van der Waals surface area contributed by atoms with E-state index in [1.54, 1.807) is 0 Å². The van der Waals surface area contributed by atoms with Gasteiger partial charge >= 0.3 is 7.12 Å². The van der Waals surface area contributed by atoms with Crippen LogP contribution in [-0.2, 0) is 9.31 Å². The summed E-state index contributed by atoms with van der Waals surface area (Å²) in [5.74, 6) is -0.922. The fraction of sp³-hybridized carbons (Fsp3) is 0.562. The van der Waals surface area contributed by atoms with Crippen molar-refractivity contribution in [1.29, 1.82) is 0 Å². The number of nitrogens with zero attached hydrogens (tertiary/aromatic N) is 1. The number of alkyl halides is 1. The van der Waals surface area contributed by atoms with Gasteiger partial charge in [0.25, 0.3) is 5.91 Å². The van der Waals surface area contributed by atoms with Gasteiger partial charge in [0, 0.05) is 5.56 Å². The average molecular weight is 323 g/mol. The van der Waals surface area contributed by atoms with E-state index in [9.17, 15) is 13.6 Å². The van der Waals surface area contributed by atoms with Gasteiger partial charge in [0.2, 0.25) is 0 Å². The maximum absolute atomic E-state index is 13.6. The number of halogens is 2. The number of rotatable bonds is 2. The van der Waals surface area contributed by atoms with Gasteiger partial charge in [-0.3, -0.25) is 4.79 Å². The molecule has 0 saturated carbocycles. The maximum Gasteiger partial charge on any atom is 0.495 e. The Morgan fingerprint density at radius 2 is 1.78 bits per heavy atom. The molecule has 0 atom stereocenters. The molecule has 0 aliphatic carbocycles. The minimum absolute atomic E-state index is 0.0398. The van der Waals surface area contributed by atoms with Crippen LogP contribution in [0.25, 0.3) is 0 Å². The number of carbonyl (C=O) groups is 1. The average Bonchev–Trinajstić information content (AvgIpc) is 2.63. The van der Waals surface area contributed by atoms with Crippen molar-refractivity contribution in [1.82, 2.24) is 4.90 Å². The van der Waals surface area contributed by atoms with Gasteiger partial charge in [-0.2, -0.15) is 0 Å². The molecule has 4 nitrogen and oxygen atoms in total. The third-order valence-corrected chi connectivity index (χ3v) is 4.88. The molecule has 2 heterocycles. The lowest BCUT2D eigenvalue weighted by Crippen LogP contribution is -2.53. The molecule has 1 aromatic carbocycles. The van der Waals surface area contributed by atoms with Gasteiger partial charge in [0.05, 0.1) is 24.3 Å². The highest BCUT2D eigenvalue weighted by molar-refractivity contribution is 6.63. The van der Waals surface area contributed by atoms with E-state index in [0.717, 1.165) is 6.07 Å². The molecule has 0 unspecified atom stereocenters. The Bertz CT molecular complexity index is 628. The van der Waals surface area contributed by atoms with Crippen molar-refractivity contribution >= 4 is 18.5 Å². The molecule has 7 heteroatoms. The van der Waals surface area contributed by atoms with Gasteiger partial charge in [-0.1, -0.05) is 6.07 Å². The molecule has 0 N–H and O–H groups in total. The Morgan fingerprint density at radius 1 is 1.22 bits per heavy atom. The molecule has 2 aliphatic heterocycles. The predicted octanol–water partition coefficient (Wildman–Crippen LogP) is 1.92. The molecule has 2 saturated heterocycles. The molecule has 1 aromatic rings. The standard InChI is InChI=1S/C16H20BF2NO3/c1-15(2)16(3,4)23-17(22-15)13-6-5-10(18)7-12(13)14(21)20-8-11(19)9-20/h5-7,11H,8-9H2,1-4H3. The molecule has 2 aliphatic rings. The summed E-state index contributed by atoms with van der Waals surface area (Å²) in [6.07, 6.45) is -1.01. The Balaban J connectivity index is 1.93. The molecule has 1 amide bonds. The number of likely N-dealkylation sites (tertiary alicyclic amines) is 1. The van der Waals surface area contributed by atoms with Crippen LogP contribution in [0.1, 0.15) is 38.1 Å². The Hall–Kier alpha value is -1.47. The third-order valence-electron chi connectivity index (χ3n) is 4.88. The molecule has 0 radical (unpaired) electrons. The molecule has 2 fully saturated rings. The van der Waals surface area contributed by atoms with Gasteiger partial charge in [-0.05, 0) is 45.3 Å².